The van der Waals surface area contributed by atoms with Gasteiger partial charge in [-0.15, -0.1) is 11.8 Å². The molecular weight excluding hydrogens is 256 g/mol. The van der Waals surface area contributed by atoms with E-state index in [4.69, 9.17) is 4.74 Å². The summed E-state index contributed by atoms with van der Waals surface area (Å²) < 4.78 is 5.32. The van der Waals surface area contributed by atoms with Crippen molar-refractivity contribution in [3.63, 3.8) is 0 Å². The molecular formula is C16H18O2S. The van der Waals surface area contributed by atoms with E-state index in [9.17, 15) is 5.11 Å². The Kier molecular flexibility index (Phi) is 4.51. The van der Waals surface area contributed by atoms with Crippen LogP contribution in [0.25, 0.3) is 0 Å². The summed E-state index contributed by atoms with van der Waals surface area (Å²) in [6, 6.07) is 13.8. The standard InChI is InChI=1S/C16H18O2S/c1-11-4-9-15(18-2)14(10-11)16(17)12-5-7-13(19-3)8-6-12/h4-10,16-17H,1-3H3. The number of ether oxygens (including phenoxy) is 1. The Morgan fingerprint density at radius 3 is 2.37 bits per heavy atom. The van der Waals surface area contributed by atoms with Gasteiger partial charge in [-0.2, -0.15) is 0 Å². The van der Waals surface area contributed by atoms with Crippen LogP contribution in [0.4, 0.5) is 0 Å². The first-order valence-electron chi connectivity index (χ1n) is 6.12. The molecule has 2 aromatic carbocycles. The minimum atomic E-state index is -0.661. The number of aliphatic hydroxyl groups excluding tert-OH is 1. The Hall–Kier alpha value is -1.45. The van der Waals surface area contributed by atoms with Crippen molar-refractivity contribution in [1.29, 1.82) is 0 Å². The number of thioether (sulfide) groups is 1. The Morgan fingerprint density at radius 1 is 1.11 bits per heavy atom. The maximum atomic E-state index is 10.5. The molecule has 0 saturated carbocycles. The SMILES string of the molecule is COc1ccc(C)cc1C(O)c1ccc(SC)cc1. The molecule has 0 aliphatic rings. The number of methoxy groups -OCH3 is 1. The van der Waals surface area contributed by atoms with Crippen molar-refractivity contribution in [3.8, 4) is 5.75 Å². The molecule has 1 unspecified atom stereocenters. The summed E-state index contributed by atoms with van der Waals surface area (Å²) >= 11 is 1.69. The third-order valence-corrected chi connectivity index (χ3v) is 3.85. The molecule has 0 amide bonds. The average molecular weight is 274 g/mol. The predicted molar refractivity (Wildman–Crippen MR) is 80.0 cm³/mol. The van der Waals surface area contributed by atoms with Crippen LogP contribution in [0.3, 0.4) is 0 Å². The highest BCUT2D eigenvalue weighted by atomic mass is 32.2. The van der Waals surface area contributed by atoms with Gasteiger partial charge in [-0.25, -0.2) is 0 Å². The third kappa shape index (κ3) is 3.11. The topological polar surface area (TPSA) is 29.5 Å². The maximum Gasteiger partial charge on any atom is 0.125 e. The molecule has 2 rings (SSSR count). The van der Waals surface area contributed by atoms with Crippen molar-refractivity contribution >= 4 is 11.8 Å². The molecule has 0 aliphatic heterocycles. The van der Waals surface area contributed by atoms with E-state index in [0.29, 0.717) is 5.75 Å². The monoisotopic (exact) mass is 274 g/mol. The second kappa shape index (κ2) is 6.13. The average Bonchev–Trinajstić information content (AvgIpc) is 2.46. The molecule has 2 nitrogen and oxygen atoms in total. The van der Waals surface area contributed by atoms with Crippen molar-refractivity contribution in [2.45, 2.75) is 17.9 Å². The van der Waals surface area contributed by atoms with Gasteiger partial charge in [0.15, 0.2) is 0 Å². The van der Waals surface area contributed by atoms with Crippen LogP contribution in [0, 0.1) is 6.92 Å². The normalized spacial score (nSPS) is 12.2. The largest absolute Gasteiger partial charge is 0.496 e. The first kappa shape index (κ1) is 14.0. The van der Waals surface area contributed by atoms with E-state index in [0.717, 1.165) is 16.7 Å². The highest BCUT2D eigenvalue weighted by Crippen LogP contribution is 2.31. The first-order valence-corrected chi connectivity index (χ1v) is 7.34. The Morgan fingerprint density at radius 2 is 1.79 bits per heavy atom. The van der Waals surface area contributed by atoms with Gasteiger partial charge in [0.05, 0.1) is 7.11 Å². The number of hydrogen-bond donors (Lipinski definition) is 1. The molecule has 100 valence electrons. The van der Waals surface area contributed by atoms with E-state index in [1.165, 1.54) is 4.90 Å². The molecule has 0 saturated heterocycles. The number of hydrogen-bond acceptors (Lipinski definition) is 3. The van der Waals surface area contributed by atoms with E-state index >= 15 is 0 Å². The fourth-order valence-corrected chi connectivity index (χ4v) is 2.44. The molecule has 0 fully saturated rings. The van der Waals surface area contributed by atoms with Crippen molar-refractivity contribution < 1.29 is 9.84 Å². The lowest BCUT2D eigenvalue weighted by atomic mass is 9.99. The number of aliphatic hydroxyl groups is 1. The van der Waals surface area contributed by atoms with E-state index in [1.54, 1.807) is 18.9 Å². The smallest absolute Gasteiger partial charge is 0.125 e. The summed E-state index contributed by atoms with van der Waals surface area (Å²) in [5.41, 5.74) is 2.79. The van der Waals surface area contributed by atoms with Gasteiger partial charge >= 0.3 is 0 Å². The molecule has 2 aromatic rings. The summed E-state index contributed by atoms with van der Waals surface area (Å²) in [7, 11) is 1.62. The van der Waals surface area contributed by atoms with E-state index in [1.807, 2.05) is 55.6 Å². The van der Waals surface area contributed by atoms with Gasteiger partial charge in [0.25, 0.3) is 0 Å². The number of aryl methyl sites for hydroxylation is 1. The van der Waals surface area contributed by atoms with Crippen LogP contribution in [0.15, 0.2) is 47.4 Å². The van der Waals surface area contributed by atoms with Gasteiger partial charge < -0.3 is 9.84 Å². The second-order valence-electron chi connectivity index (χ2n) is 4.42. The van der Waals surface area contributed by atoms with Crippen LogP contribution in [-0.2, 0) is 0 Å². The zero-order valence-electron chi connectivity index (χ0n) is 11.4. The van der Waals surface area contributed by atoms with Crippen LogP contribution < -0.4 is 4.74 Å². The van der Waals surface area contributed by atoms with Gasteiger partial charge in [-0.05, 0) is 43.0 Å². The lowest BCUT2D eigenvalue weighted by molar-refractivity contribution is 0.214. The quantitative estimate of drug-likeness (QED) is 0.860. The summed E-state index contributed by atoms with van der Waals surface area (Å²) in [6.45, 7) is 2.01. The van der Waals surface area contributed by atoms with Crippen molar-refractivity contribution in [1.82, 2.24) is 0 Å². The van der Waals surface area contributed by atoms with Crippen molar-refractivity contribution in [3.05, 3.63) is 59.2 Å². The van der Waals surface area contributed by atoms with Gasteiger partial charge in [0.1, 0.15) is 11.9 Å². The summed E-state index contributed by atoms with van der Waals surface area (Å²) in [5.74, 6) is 0.715. The van der Waals surface area contributed by atoms with E-state index < -0.39 is 6.10 Å². The van der Waals surface area contributed by atoms with Crippen LogP contribution >= 0.6 is 11.8 Å². The van der Waals surface area contributed by atoms with Gasteiger partial charge in [0, 0.05) is 10.5 Å². The van der Waals surface area contributed by atoms with E-state index in [2.05, 4.69) is 0 Å². The molecule has 0 bridgehead atoms. The fourth-order valence-electron chi connectivity index (χ4n) is 2.03. The van der Waals surface area contributed by atoms with Gasteiger partial charge in [-0.3, -0.25) is 0 Å². The lowest BCUT2D eigenvalue weighted by Gasteiger charge is -2.16. The first-order chi connectivity index (χ1) is 9.15. The molecule has 0 aliphatic carbocycles. The highest BCUT2D eigenvalue weighted by Gasteiger charge is 2.15. The number of benzene rings is 2. The molecule has 19 heavy (non-hydrogen) atoms. The zero-order chi connectivity index (χ0) is 13.8. The molecule has 0 heterocycles. The summed E-state index contributed by atoms with van der Waals surface area (Å²) in [5, 5.41) is 10.5. The van der Waals surface area contributed by atoms with Gasteiger partial charge in [0.2, 0.25) is 0 Å². The van der Waals surface area contributed by atoms with Crippen LogP contribution in [0.1, 0.15) is 22.8 Å². The minimum Gasteiger partial charge on any atom is -0.496 e. The third-order valence-electron chi connectivity index (χ3n) is 3.11. The fraction of sp³-hybridized carbons (Fsp3) is 0.250. The summed E-state index contributed by atoms with van der Waals surface area (Å²) in [4.78, 5) is 1.19. The predicted octanol–water partition coefficient (Wildman–Crippen LogP) is 3.81. The molecule has 0 radical (unpaired) electrons. The molecule has 0 aromatic heterocycles. The van der Waals surface area contributed by atoms with Crippen molar-refractivity contribution in [2.75, 3.05) is 13.4 Å². The van der Waals surface area contributed by atoms with Crippen LogP contribution in [-0.4, -0.2) is 18.5 Å². The Balaban J connectivity index is 2.36. The minimum absolute atomic E-state index is 0.661. The Bertz CT molecular complexity index is 549. The molecule has 0 spiro atoms. The zero-order valence-corrected chi connectivity index (χ0v) is 12.2. The van der Waals surface area contributed by atoms with Crippen molar-refractivity contribution in [2.24, 2.45) is 0 Å². The van der Waals surface area contributed by atoms with Crippen LogP contribution in [0.2, 0.25) is 0 Å². The number of rotatable bonds is 4. The Labute approximate surface area is 118 Å². The van der Waals surface area contributed by atoms with E-state index in [-0.39, 0.29) is 0 Å². The maximum absolute atomic E-state index is 10.5. The summed E-state index contributed by atoms with van der Waals surface area (Å²) in [6.07, 6.45) is 1.38. The lowest BCUT2D eigenvalue weighted by Crippen LogP contribution is -2.02. The molecule has 1 atom stereocenters. The second-order valence-corrected chi connectivity index (χ2v) is 5.30. The van der Waals surface area contributed by atoms with Gasteiger partial charge in [-0.1, -0.05) is 23.8 Å². The molecule has 3 heteroatoms. The molecule has 1 N–H and O–H groups in total. The highest BCUT2D eigenvalue weighted by molar-refractivity contribution is 7.98. The van der Waals surface area contributed by atoms with Crippen LogP contribution in [0.5, 0.6) is 5.75 Å².